The van der Waals surface area contributed by atoms with Gasteiger partial charge in [0.2, 0.25) is 0 Å². The topological polar surface area (TPSA) is 21.1 Å². The van der Waals surface area contributed by atoms with Crippen LogP contribution >= 0.6 is 11.6 Å². The molecule has 0 bridgehead atoms. The molecule has 1 aromatic heterocycles. The summed E-state index contributed by atoms with van der Waals surface area (Å²) in [5.41, 5.74) is 3.13. The number of halogens is 2. The first-order chi connectivity index (χ1) is 8.95. The lowest BCUT2D eigenvalue weighted by Gasteiger charge is -2.17. The van der Waals surface area contributed by atoms with Crippen molar-refractivity contribution in [1.29, 1.82) is 0 Å². The highest BCUT2D eigenvalue weighted by atomic mass is 35.5. The van der Waals surface area contributed by atoms with Crippen LogP contribution in [0.1, 0.15) is 16.8 Å². The van der Waals surface area contributed by atoms with Gasteiger partial charge in [0, 0.05) is 36.9 Å². The number of hydrogen-bond donors (Lipinski definition) is 0. The van der Waals surface area contributed by atoms with Crippen molar-refractivity contribution in [3.05, 3.63) is 52.1 Å². The fourth-order valence-electron chi connectivity index (χ4n) is 2.09. The summed E-state index contributed by atoms with van der Waals surface area (Å²) in [4.78, 5) is 2.13. The molecule has 0 aliphatic carbocycles. The zero-order valence-corrected chi connectivity index (χ0v) is 12.1. The van der Waals surface area contributed by atoms with E-state index in [1.165, 1.54) is 17.7 Å². The van der Waals surface area contributed by atoms with Gasteiger partial charge < -0.3 is 0 Å². The van der Waals surface area contributed by atoms with E-state index in [0.29, 0.717) is 11.6 Å². The van der Waals surface area contributed by atoms with Gasteiger partial charge in [-0.05, 0) is 31.7 Å². The number of nitrogens with zero attached hydrogens (tertiary/aromatic N) is 3. The van der Waals surface area contributed by atoms with E-state index in [9.17, 15) is 4.39 Å². The van der Waals surface area contributed by atoms with E-state index in [1.54, 1.807) is 6.07 Å². The zero-order chi connectivity index (χ0) is 14.0. The van der Waals surface area contributed by atoms with Crippen LogP contribution < -0.4 is 0 Å². The van der Waals surface area contributed by atoms with Crippen molar-refractivity contribution in [3.8, 4) is 0 Å². The lowest BCUT2D eigenvalue weighted by molar-refractivity contribution is 0.318. The molecule has 0 saturated heterocycles. The fraction of sp³-hybridized carbons (Fsp3) is 0.357. The lowest BCUT2D eigenvalue weighted by Crippen LogP contribution is -2.17. The van der Waals surface area contributed by atoms with Crippen molar-refractivity contribution in [3.63, 3.8) is 0 Å². The highest BCUT2D eigenvalue weighted by Gasteiger charge is 2.09. The molecule has 0 amide bonds. The van der Waals surface area contributed by atoms with Gasteiger partial charge in [-0.1, -0.05) is 17.7 Å². The Balaban J connectivity index is 2.05. The third-order valence-corrected chi connectivity index (χ3v) is 3.36. The molecule has 0 aliphatic heterocycles. The molecule has 0 fully saturated rings. The molecule has 0 atom stereocenters. The SMILES string of the molecule is Cc1nn(C)cc1CN(C)Cc1ccc(F)cc1Cl. The van der Waals surface area contributed by atoms with Gasteiger partial charge in [0.05, 0.1) is 5.69 Å². The Bertz CT molecular complexity index is 580. The van der Waals surface area contributed by atoms with Crippen LogP contribution in [0, 0.1) is 12.7 Å². The minimum atomic E-state index is -0.306. The maximum absolute atomic E-state index is 13.0. The zero-order valence-electron chi connectivity index (χ0n) is 11.3. The second-order valence-electron chi connectivity index (χ2n) is 4.82. The summed E-state index contributed by atoms with van der Waals surface area (Å²) in [6, 6.07) is 4.51. The van der Waals surface area contributed by atoms with E-state index < -0.39 is 0 Å². The number of aryl methyl sites for hydroxylation is 2. The lowest BCUT2D eigenvalue weighted by atomic mass is 10.2. The van der Waals surface area contributed by atoms with Gasteiger partial charge >= 0.3 is 0 Å². The fourth-order valence-corrected chi connectivity index (χ4v) is 2.32. The molecule has 0 saturated carbocycles. The van der Waals surface area contributed by atoms with Gasteiger partial charge in [0.1, 0.15) is 5.82 Å². The Morgan fingerprint density at radius 1 is 1.32 bits per heavy atom. The van der Waals surface area contributed by atoms with Crippen LogP contribution in [0.3, 0.4) is 0 Å². The molecule has 0 unspecified atom stereocenters. The van der Waals surface area contributed by atoms with Crippen LogP contribution in [0.5, 0.6) is 0 Å². The van der Waals surface area contributed by atoms with Crippen molar-refractivity contribution in [2.24, 2.45) is 7.05 Å². The molecule has 102 valence electrons. The predicted octanol–water partition coefficient (Wildman–Crippen LogP) is 3.15. The van der Waals surface area contributed by atoms with E-state index in [4.69, 9.17) is 11.6 Å². The van der Waals surface area contributed by atoms with Gasteiger partial charge in [0.15, 0.2) is 0 Å². The first-order valence-corrected chi connectivity index (χ1v) is 6.45. The Morgan fingerprint density at radius 3 is 2.58 bits per heavy atom. The molecule has 1 aromatic carbocycles. The van der Waals surface area contributed by atoms with Gasteiger partial charge in [0.25, 0.3) is 0 Å². The molecule has 3 nitrogen and oxygen atoms in total. The smallest absolute Gasteiger partial charge is 0.124 e. The van der Waals surface area contributed by atoms with Crippen molar-refractivity contribution >= 4 is 11.6 Å². The monoisotopic (exact) mass is 281 g/mol. The molecule has 1 heterocycles. The highest BCUT2D eigenvalue weighted by molar-refractivity contribution is 6.31. The molecule has 2 rings (SSSR count). The maximum atomic E-state index is 13.0. The molecule has 2 aromatic rings. The average molecular weight is 282 g/mol. The molecule has 19 heavy (non-hydrogen) atoms. The van der Waals surface area contributed by atoms with Crippen LogP contribution in [0.2, 0.25) is 5.02 Å². The molecule has 0 radical (unpaired) electrons. The Morgan fingerprint density at radius 2 is 2.00 bits per heavy atom. The normalized spacial score (nSPS) is 11.3. The van der Waals surface area contributed by atoms with Crippen LogP contribution in [0.15, 0.2) is 24.4 Å². The van der Waals surface area contributed by atoms with Crippen molar-refractivity contribution < 1.29 is 4.39 Å². The Hall–Kier alpha value is -1.39. The second-order valence-corrected chi connectivity index (χ2v) is 5.23. The van der Waals surface area contributed by atoms with Gasteiger partial charge in [-0.25, -0.2) is 4.39 Å². The Labute approximate surface area is 117 Å². The largest absolute Gasteiger partial charge is 0.298 e. The van der Waals surface area contributed by atoms with Crippen LogP contribution in [-0.4, -0.2) is 21.7 Å². The predicted molar refractivity (Wildman–Crippen MR) is 74.5 cm³/mol. The first-order valence-electron chi connectivity index (χ1n) is 6.07. The summed E-state index contributed by atoms with van der Waals surface area (Å²) >= 11 is 6.03. The van der Waals surface area contributed by atoms with Crippen molar-refractivity contribution in [1.82, 2.24) is 14.7 Å². The molecule has 0 aliphatic rings. The summed E-state index contributed by atoms with van der Waals surface area (Å²) in [6.45, 7) is 3.45. The minimum absolute atomic E-state index is 0.306. The summed E-state index contributed by atoms with van der Waals surface area (Å²) < 4.78 is 14.8. The van der Waals surface area contributed by atoms with E-state index >= 15 is 0 Å². The third-order valence-electron chi connectivity index (χ3n) is 3.01. The van der Waals surface area contributed by atoms with Crippen molar-refractivity contribution in [2.45, 2.75) is 20.0 Å². The first kappa shape index (κ1) is 14.0. The molecule has 0 N–H and O–H groups in total. The minimum Gasteiger partial charge on any atom is -0.298 e. The van der Waals surface area contributed by atoms with Crippen molar-refractivity contribution in [2.75, 3.05) is 7.05 Å². The van der Waals surface area contributed by atoms with E-state index in [0.717, 1.165) is 17.8 Å². The molecular weight excluding hydrogens is 265 g/mol. The highest BCUT2D eigenvalue weighted by Crippen LogP contribution is 2.19. The molecule has 0 spiro atoms. The van der Waals surface area contributed by atoms with E-state index in [2.05, 4.69) is 10.00 Å². The number of benzene rings is 1. The molecule has 5 heteroatoms. The summed E-state index contributed by atoms with van der Waals surface area (Å²) in [6.07, 6.45) is 2.01. The van der Waals surface area contributed by atoms with Gasteiger partial charge in [-0.2, -0.15) is 5.10 Å². The Kier molecular flexibility index (Phi) is 4.22. The van der Waals surface area contributed by atoms with Crippen LogP contribution in [0.25, 0.3) is 0 Å². The van der Waals surface area contributed by atoms with E-state index in [-0.39, 0.29) is 5.82 Å². The van der Waals surface area contributed by atoms with Gasteiger partial charge in [-0.3, -0.25) is 9.58 Å². The number of rotatable bonds is 4. The van der Waals surface area contributed by atoms with Crippen LogP contribution in [-0.2, 0) is 20.1 Å². The molecular formula is C14H17ClFN3. The summed E-state index contributed by atoms with van der Waals surface area (Å²) in [5, 5.41) is 4.78. The van der Waals surface area contributed by atoms with E-state index in [1.807, 2.05) is 31.9 Å². The quantitative estimate of drug-likeness (QED) is 0.858. The van der Waals surface area contributed by atoms with Crippen LogP contribution in [0.4, 0.5) is 4.39 Å². The standard InChI is InChI=1S/C14H17ClFN3/c1-10-12(9-19(3)17-10)8-18(2)7-11-4-5-13(16)6-14(11)15/h4-6,9H,7-8H2,1-3H3. The second kappa shape index (κ2) is 5.72. The third kappa shape index (κ3) is 3.55. The number of hydrogen-bond acceptors (Lipinski definition) is 2. The summed E-state index contributed by atoms with van der Waals surface area (Å²) in [5.74, 6) is -0.306. The average Bonchev–Trinajstić information content (AvgIpc) is 2.61. The summed E-state index contributed by atoms with van der Waals surface area (Å²) in [7, 11) is 3.92. The van der Waals surface area contributed by atoms with Gasteiger partial charge in [-0.15, -0.1) is 0 Å². The number of aromatic nitrogens is 2. The maximum Gasteiger partial charge on any atom is 0.124 e.